The second-order valence-electron chi connectivity index (χ2n) is 3.02. The zero-order valence-corrected chi connectivity index (χ0v) is 8.29. The SMILES string of the molecule is Nc1nc(Cc2cccc(O)c2)cs1. The molecule has 0 radical (unpaired) electrons. The van der Waals surface area contributed by atoms with Crippen LogP contribution in [0.15, 0.2) is 29.6 Å². The number of benzene rings is 1. The van der Waals surface area contributed by atoms with Gasteiger partial charge < -0.3 is 10.8 Å². The molecule has 2 rings (SSSR count). The summed E-state index contributed by atoms with van der Waals surface area (Å²) in [7, 11) is 0. The van der Waals surface area contributed by atoms with Crippen molar-refractivity contribution in [2.24, 2.45) is 0 Å². The molecule has 0 unspecified atom stereocenters. The highest BCUT2D eigenvalue weighted by atomic mass is 32.1. The monoisotopic (exact) mass is 206 g/mol. The number of hydrogen-bond donors (Lipinski definition) is 2. The highest BCUT2D eigenvalue weighted by Crippen LogP contribution is 2.17. The van der Waals surface area contributed by atoms with E-state index < -0.39 is 0 Å². The zero-order valence-electron chi connectivity index (χ0n) is 7.47. The van der Waals surface area contributed by atoms with E-state index in [4.69, 9.17) is 5.73 Å². The van der Waals surface area contributed by atoms with Crippen LogP contribution in [0.25, 0.3) is 0 Å². The molecule has 0 fully saturated rings. The normalized spacial score (nSPS) is 10.3. The molecule has 0 aliphatic carbocycles. The minimum absolute atomic E-state index is 0.283. The molecule has 0 atom stereocenters. The Morgan fingerprint density at radius 3 is 2.93 bits per heavy atom. The summed E-state index contributed by atoms with van der Waals surface area (Å²) in [6, 6.07) is 7.16. The predicted molar refractivity (Wildman–Crippen MR) is 57.4 cm³/mol. The van der Waals surface area contributed by atoms with Crippen molar-refractivity contribution in [2.75, 3.05) is 5.73 Å². The van der Waals surface area contributed by atoms with Crippen molar-refractivity contribution in [3.05, 3.63) is 40.9 Å². The Balaban J connectivity index is 2.18. The van der Waals surface area contributed by atoms with Crippen molar-refractivity contribution >= 4 is 16.5 Å². The van der Waals surface area contributed by atoms with Crippen LogP contribution < -0.4 is 5.73 Å². The number of phenolic OH excluding ortho intramolecular Hbond substituents is 1. The summed E-state index contributed by atoms with van der Waals surface area (Å²) in [6.45, 7) is 0. The van der Waals surface area contributed by atoms with E-state index in [1.54, 1.807) is 12.1 Å². The first-order chi connectivity index (χ1) is 6.74. The maximum Gasteiger partial charge on any atom is 0.180 e. The van der Waals surface area contributed by atoms with Crippen LogP contribution in [0.5, 0.6) is 5.75 Å². The van der Waals surface area contributed by atoms with Crippen LogP contribution in [0.3, 0.4) is 0 Å². The molecular weight excluding hydrogens is 196 g/mol. The van der Waals surface area contributed by atoms with Gasteiger partial charge in [0.2, 0.25) is 0 Å². The van der Waals surface area contributed by atoms with Crippen LogP contribution in [0.1, 0.15) is 11.3 Å². The highest BCUT2D eigenvalue weighted by molar-refractivity contribution is 7.13. The van der Waals surface area contributed by atoms with Gasteiger partial charge in [0.25, 0.3) is 0 Å². The predicted octanol–water partition coefficient (Wildman–Crippen LogP) is 2.02. The minimum Gasteiger partial charge on any atom is -0.508 e. The first kappa shape index (κ1) is 9.02. The molecule has 0 saturated heterocycles. The second kappa shape index (κ2) is 3.67. The molecule has 4 heteroatoms. The maximum absolute atomic E-state index is 9.25. The molecule has 0 saturated carbocycles. The number of nitrogens with two attached hydrogens (primary N) is 1. The Labute approximate surface area is 85.8 Å². The van der Waals surface area contributed by atoms with Crippen LogP contribution in [-0.2, 0) is 6.42 Å². The third kappa shape index (κ3) is 2.03. The van der Waals surface area contributed by atoms with Gasteiger partial charge in [-0.25, -0.2) is 4.98 Å². The van der Waals surface area contributed by atoms with Gasteiger partial charge in [0, 0.05) is 11.8 Å². The van der Waals surface area contributed by atoms with Crippen LogP contribution in [0.4, 0.5) is 5.13 Å². The first-order valence-corrected chi connectivity index (χ1v) is 5.10. The van der Waals surface area contributed by atoms with Gasteiger partial charge >= 0.3 is 0 Å². The average molecular weight is 206 g/mol. The van der Waals surface area contributed by atoms with Gasteiger partial charge in [-0.1, -0.05) is 12.1 Å². The molecule has 0 spiro atoms. The van der Waals surface area contributed by atoms with Gasteiger partial charge in [-0.15, -0.1) is 11.3 Å². The zero-order chi connectivity index (χ0) is 9.97. The van der Waals surface area contributed by atoms with Gasteiger partial charge in [0.15, 0.2) is 5.13 Å². The molecular formula is C10H10N2OS. The Morgan fingerprint density at radius 2 is 2.29 bits per heavy atom. The number of thiazole rings is 1. The number of nitrogen functional groups attached to an aromatic ring is 1. The first-order valence-electron chi connectivity index (χ1n) is 4.22. The molecule has 0 aliphatic rings. The molecule has 72 valence electrons. The number of anilines is 1. The molecule has 14 heavy (non-hydrogen) atoms. The molecule has 0 aliphatic heterocycles. The number of nitrogens with zero attached hydrogens (tertiary/aromatic N) is 1. The van der Waals surface area contributed by atoms with Crippen molar-refractivity contribution in [1.29, 1.82) is 0 Å². The van der Waals surface area contributed by atoms with Crippen LogP contribution in [0, 0.1) is 0 Å². The molecule has 1 aromatic heterocycles. The number of aromatic nitrogens is 1. The Bertz CT molecular complexity index is 439. The number of rotatable bonds is 2. The molecule has 1 aromatic carbocycles. The molecule has 3 nitrogen and oxygen atoms in total. The third-order valence-corrected chi connectivity index (χ3v) is 2.59. The number of hydrogen-bond acceptors (Lipinski definition) is 4. The fourth-order valence-corrected chi connectivity index (χ4v) is 1.84. The lowest BCUT2D eigenvalue weighted by atomic mass is 10.1. The quantitative estimate of drug-likeness (QED) is 0.790. The summed E-state index contributed by atoms with van der Waals surface area (Å²) in [5.74, 6) is 0.283. The van der Waals surface area contributed by atoms with E-state index >= 15 is 0 Å². The second-order valence-corrected chi connectivity index (χ2v) is 3.91. The van der Waals surface area contributed by atoms with Gasteiger partial charge in [-0.05, 0) is 17.7 Å². The van der Waals surface area contributed by atoms with Crippen molar-refractivity contribution in [3.8, 4) is 5.75 Å². The molecule has 3 N–H and O–H groups in total. The standard InChI is InChI=1S/C10H10N2OS/c11-10-12-8(6-14-10)4-7-2-1-3-9(13)5-7/h1-3,5-6,13H,4H2,(H2,11,12). The largest absolute Gasteiger partial charge is 0.508 e. The lowest BCUT2D eigenvalue weighted by Crippen LogP contribution is -1.89. The lowest BCUT2D eigenvalue weighted by Gasteiger charge is -1.98. The van der Waals surface area contributed by atoms with E-state index in [2.05, 4.69) is 4.98 Å². The maximum atomic E-state index is 9.25. The van der Waals surface area contributed by atoms with Gasteiger partial charge in [-0.2, -0.15) is 0 Å². The van der Waals surface area contributed by atoms with E-state index in [1.807, 2.05) is 17.5 Å². The fraction of sp³-hybridized carbons (Fsp3) is 0.100. The number of aromatic hydroxyl groups is 1. The van der Waals surface area contributed by atoms with Crippen molar-refractivity contribution in [1.82, 2.24) is 4.98 Å². The summed E-state index contributed by atoms with van der Waals surface area (Å²) in [5, 5.41) is 11.8. The van der Waals surface area contributed by atoms with E-state index in [0.29, 0.717) is 11.6 Å². The molecule has 0 bridgehead atoms. The fourth-order valence-electron chi connectivity index (χ4n) is 1.28. The van der Waals surface area contributed by atoms with Gasteiger partial charge in [0.05, 0.1) is 5.69 Å². The summed E-state index contributed by atoms with van der Waals surface area (Å²) in [6.07, 6.45) is 0.710. The minimum atomic E-state index is 0.283. The van der Waals surface area contributed by atoms with E-state index in [1.165, 1.54) is 11.3 Å². The summed E-state index contributed by atoms with van der Waals surface area (Å²) < 4.78 is 0. The van der Waals surface area contributed by atoms with Crippen molar-refractivity contribution in [3.63, 3.8) is 0 Å². The number of phenols is 1. The van der Waals surface area contributed by atoms with Crippen LogP contribution in [0.2, 0.25) is 0 Å². The summed E-state index contributed by atoms with van der Waals surface area (Å²) in [5.41, 5.74) is 7.50. The Kier molecular flexibility index (Phi) is 2.37. The Hall–Kier alpha value is -1.55. The van der Waals surface area contributed by atoms with Crippen molar-refractivity contribution < 1.29 is 5.11 Å². The summed E-state index contributed by atoms with van der Waals surface area (Å²) >= 11 is 1.43. The summed E-state index contributed by atoms with van der Waals surface area (Å²) in [4.78, 5) is 4.15. The smallest absolute Gasteiger partial charge is 0.180 e. The van der Waals surface area contributed by atoms with E-state index in [-0.39, 0.29) is 5.75 Å². The van der Waals surface area contributed by atoms with Gasteiger partial charge in [-0.3, -0.25) is 0 Å². The highest BCUT2D eigenvalue weighted by Gasteiger charge is 2.01. The molecule has 2 aromatic rings. The van der Waals surface area contributed by atoms with Crippen molar-refractivity contribution in [2.45, 2.75) is 6.42 Å². The topological polar surface area (TPSA) is 59.1 Å². The van der Waals surface area contributed by atoms with Crippen LogP contribution in [-0.4, -0.2) is 10.1 Å². The Morgan fingerprint density at radius 1 is 1.43 bits per heavy atom. The third-order valence-electron chi connectivity index (χ3n) is 1.87. The molecule has 0 amide bonds. The van der Waals surface area contributed by atoms with Crippen LogP contribution >= 0.6 is 11.3 Å². The molecule has 1 heterocycles. The lowest BCUT2D eigenvalue weighted by molar-refractivity contribution is 0.474. The average Bonchev–Trinajstić information content (AvgIpc) is 2.51. The van der Waals surface area contributed by atoms with Gasteiger partial charge in [0.1, 0.15) is 5.75 Å². The van der Waals surface area contributed by atoms with E-state index in [0.717, 1.165) is 11.3 Å². The van der Waals surface area contributed by atoms with E-state index in [9.17, 15) is 5.11 Å².